The molecule has 2 aromatic carbocycles. The third-order valence-electron chi connectivity index (χ3n) is 3.64. The number of guanidine groups is 1. The Bertz CT molecular complexity index is 710. The van der Waals surface area contributed by atoms with Crippen LogP contribution in [-0.2, 0) is 19.7 Å². The number of nitrogens with zero attached hydrogens (tertiary/aromatic N) is 2. The molecule has 0 heterocycles. The molecule has 2 aromatic rings. The number of rotatable bonds is 5. The van der Waals surface area contributed by atoms with Crippen LogP contribution in [0.2, 0.25) is 0 Å². The molecule has 136 valence electrons. The van der Waals surface area contributed by atoms with Crippen LogP contribution in [0.15, 0.2) is 51.9 Å². The summed E-state index contributed by atoms with van der Waals surface area (Å²) in [5, 5.41) is 12.4. The average Bonchev–Trinajstić information content (AvgIpc) is 2.58. The minimum Gasteiger partial charge on any atom is -0.392 e. The number of aliphatic hydroxyl groups is 1. The van der Waals surface area contributed by atoms with Gasteiger partial charge in [0.2, 0.25) is 0 Å². The molecule has 0 aliphatic heterocycles. The Morgan fingerprint density at radius 2 is 1.84 bits per heavy atom. The molecule has 0 radical (unpaired) electrons. The third kappa shape index (κ3) is 6.56. The first-order chi connectivity index (χ1) is 11.5. The van der Waals surface area contributed by atoms with E-state index in [0.29, 0.717) is 12.1 Å². The van der Waals surface area contributed by atoms with E-state index in [9.17, 15) is 4.39 Å². The fourth-order valence-corrected chi connectivity index (χ4v) is 2.63. The van der Waals surface area contributed by atoms with E-state index in [0.717, 1.165) is 22.5 Å². The van der Waals surface area contributed by atoms with Gasteiger partial charge in [0, 0.05) is 37.2 Å². The molecule has 0 saturated carbocycles. The van der Waals surface area contributed by atoms with Gasteiger partial charge in [-0.1, -0.05) is 34.1 Å². The second-order valence-electron chi connectivity index (χ2n) is 5.47. The number of aliphatic hydroxyl groups excluding tert-OH is 1. The second-order valence-corrected chi connectivity index (χ2v) is 6.38. The zero-order valence-corrected chi connectivity index (χ0v) is 18.1. The molecule has 0 fully saturated rings. The van der Waals surface area contributed by atoms with Gasteiger partial charge in [-0.15, -0.1) is 24.0 Å². The predicted octanol–water partition coefficient (Wildman–Crippen LogP) is 3.91. The van der Waals surface area contributed by atoms with Crippen LogP contribution in [0.5, 0.6) is 0 Å². The molecule has 0 spiro atoms. The number of benzene rings is 2. The lowest BCUT2D eigenvalue weighted by atomic mass is 10.1. The molecule has 0 atom stereocenters. The highest BCUT2D eigenvalue weighted by Gasteiger charge is 2.08. The summed E-state index contributed by atoms with van der Waals surface area (Å²) in [4.78, 5) is 6.29. The van der Waals surface area contributed by atoms with E-state index in [2.05, 4.69) is 38.4 Å². The highest BCUT2D eigenvalue weighted by molar-refractivity contribution is 14.0. The number of halogens is 3. The van der Waals surface area contributed by atoms with Gasteiger partial charge in [-0.05, 0) is 35.4 Å². The Kier molecular flexibility index (Phi) is 9.37. The van der Waals surface area contributed by atoms with Crippen molar-refractivity contribution in [3.63, 3.8) is 0 Å². The van der Waals surface area contributed by atoms with Crippen molar-refractivity contribution >= 4 is 45.9 Å². The van der Waals surface area contributed by atoms with Crippen molar-refractivity contribution in [1.29, 1.82) is 0 Å². The quantitative estimate of drug-likeness (QED) is 0.356. The van der Waals surface area contributed by atoms with Crippen molar-refractivity contribution in [3.8, 4) is 0 Å². The third-order valence-corrected chi connectivity index (χ3v) is 4.17. The first-order valence-electron chi connectivity index (χ1n) is 7.58. The monoisotopic (exact) mass is 521 g/mol. The van der Waals surface area contributed by atoms with Crippen molar-refractivity contribution in [3.05, 3.63) is 69.4 Å². The number of aliphatic imine (C=N–C) groups is 1. The van der Waals surface area contributed by atoms with Crippen LogP contribution in [0.1, 0.15) is 16.7 Å². The van der Waals surface area contributed by atoms with Gasteiger partial charge >= 0.3 is 0 Å². The molecule has 0 aliphatic carbocycles. The minimum atomic E-state index is -0.391. The van der Waals surface area contributed by atoms with E-state index in [1.165, 1.54) is 11.6 Å². The van der Waals surface area contributed by atoms with Crippen LogP contribution >= 0.6 is 39.9 Å². The van der Waals surface area contributed by atoms with E-state index in [-0.39, 0.29) is 30.6 Å². The van der Waals surface area contributed by atoms with Gasteiger partial charge in [0.05, 0.1) is 6.61 Å². The van der Waals surface area contributed by atoms with Crippen LogP contribution in [-0.4, -0.2) is 30.1 Å². The fourth-order valence-electron chi connectivity index (χ4n) is 2.36. The molecule has 0 bridgehead atoms. The van der Waals surface area contributed by atoms with Crippen LogP contribution < -0.4 is 5.32 Å². The maximum atomic E-state index is 13.4. The van der Waals surface area contributed by atoms with Crippen LogP contribution in [0.3, 0.4) is 0 Å². The summed E-state index contributed by atoms with van der Waals surface area (Å²) in [6.07, 6.45) is 0. The van der Waals surface area contributed by atoms with Gasteiger partial charge in [0.1, 0.15) is 5.82 Å². The summed E-state index contributed by atoms with van der Waals surface area (Å²) in [5.74, 6) is 0.353. The Morgan fingerprint density at radius 3 is 2.44 bits per heavy atom. The van der Waals surface area contributed by atoms with E-state index < -0.39 is 5.82 Å². The Morgan fingerprint density at radius 1 is 1.20 bits per heavy atom. The summed E-state index contributed by atoms with van der Waals surface area (Å²) in [6, 6.07) is 12.9. The lowest BCUT2D eigenvalue weighted by molar-refractivity contribution is 0.275. The maximum absolute atomic E-state index is 13.4. The largest absolute Gasteiger partial charge is 0.392 e. The van der Waals surface area contributed by atoms with Crippen molar-refractivity contribution in [2.45, 2.75) is 19.7 Å². The van der Waals surface area contributed by atoms with Gasteiger partial charge < -0.3 is 15.3 Å². The highest BCUT2D eigenvalue weighted by atomic mass is 127. The summed E-state index contributed by atoms with van der Waals surface area (Å²) in [7, 11) is 3.69. The van der Waals surface area contributed by atoms with Gasteiger partial charge in [0.25, 0.3) is 0 Å². The summed E-state index contributed by atoms with van der Waals surface area (Å²) in [6.45, 7) is 0.917. The lowest BCUT2D eigenvalue weighted by Crippen LogP contribution is -2.38. The van der Waals surface area contributed by atoms with Gasteiger partial charge in [-0.25, -0.2) is 4.39 Å². The standard InChI is InChI=1S/C18H21BrFN3O.HI/c1-21-18(23(2)11-13-3-6-16(19)7-4-13)22-10-14-5-8-17(20)15(9-14)12-24;/h3-9,24H,10-12H2,1-2H3,(H,21,22);1H. The molecule has 0 amide bonds. The molecule has 0 saturated heterocycles. The van der Waals surface area contributed by atoms with Crippen molar-refractivity contribution in [2.75, 3.05) is 14.1 Å². The average molecular weight is 522 g/mol. The molecule has 4 nitrogen and oxygen atoms in total. The summed E-state index contributed by atoms with van der Waals surface area (Å²) >= 11 is 3.43. The molecule has 0 aromatic heterocycles. The molecule has 0 aliphatic rings. The van der Waals surface area contributed by atoms with Gasteiger partial charge in [0.15, 0.2) is 5.96 Å². The topological polar surface area (TPSA) is 47.9 Å². The first-order valence-corrected chi connectivity index (χ1v) is 8.37. The van der Waals surface area contributed by atoms with Gasteiger partial charge in [-0.3, -0.25) is 4.99 Å². The van der Waals surface area contributed by atoms with E-state index in [1.807, 2.05) is 24.1 Å². The lowest BCUT2D eigenvalue weighted by Gasteiger charge is -2.22. The van der Waals surface area contributed by atoms with E-state index >= 15 is 0 Å². The van der Waals surface area contributed by atoms with E-state index in [1.54, 1.807) is 19.2 Å². The van der Waals surface area contributed by atoms with Crippen LogP contribution in [0.4, 0.5) is 4.39 Å². The second kappa shape index (κ2) is 10.7. The van der Waals surface area contributed by atoms with Crippen molar-refractivity contribution in [1.82, 2.24) is 10.2 Å². The highest BCUT2D eigenvalue weighted by Crippen LogP contribution is 2.13. The van der Waals surface area contributed by atoms with E-state index in [4.69, 9.17) is 5.11 Å². The molecule has 0 unspecified atom stereocenters. The van der Waals surface area contributed by atoms with Crippen LogP contribution in [0, 0.1) is 5.82 Å². The number of hydrogen-bond donors (Lipinski definition) is 2. The Balaban J connectivity index is 0.00000312. The normalized spacial score (nSPS) is 11.0. The molecule has 25 heavy (non-hydrogen) atoms. The zero-order chi connectivity index (χ0) is 17.5. The SMILES string of the molecule is CN=C(NCc1ccc(F)c(CO)c1)N(C)Cc1ccc(Br)cc1.I. The summed E-state index contributed by atoms with van der Waals surface area (Å²) in [5.41, 5.74) is 2.36. The smallest absolute Gasteiger partial charge is 0.193 e. The Hall–Kier alpha value is -1.19. The van der Waals surface area contributed by atoms with Crippen molar-refractivity contribution < 1.29 is 9.50 Å². The predicted molar refractivity (Wildman–Crippen MR) is 114 cm³/mol. The molecule has 7 heteroatoms. The molecular formula is C18H22BrFIN3O. The molecule has 2 rings (SSSR count). The number of nitrogens with one attached hydrogen (secondary N) is 1. The maximum Gasteiger partial charge on any atom is 0.193 e. The molecular weight excluding hydrogens is 500 g/mol. The van der Waals surface area contributed by atoms with Crippen LogP contribution in [0.25, 0.3) is 0 Å². The fraction of sp³-hybridized carbons (Fsp3) is 0.278. The number of hydrogen-bond acceptors (Lipinski definition) is 2. The van der Waals surface area contributed by atoms with Gasteiger partial charge in [-0.2, -0.15) is 0 Å². The first kappa shape index (κ1) is 21.9. The summed E-state index contributed by atoms with van der Waals surface area (Å²) < 4.78 is 14.5. The Labute approximate surface area is 173 Å². The zero-order valence-electron chi connectivity index (χ0n) is 14.2. The molecule has 2 N–H and O–H groups in total. The van der Waals surface area contributed by atoms with Crippen molar-refractivity contribution in [2.24, 2.45) is 4.99 Å². The minimum absolute atomic E-state index is 0.